The maximum Gasteiger partial charge on any atom is 0.108 e. The summed E-state index contributed by atoms with van der Waals surface area (Å²) >= 11 is 2.75. The molecular formula is C19H19NO4S2. The molecule has 2 aromatic carbocycles. The quantitative estimate of drug-likeness (QED) is 0.634. The highest BCUT2D eigenvalue weighted by molar-refractivity contribution is 8.17. The molecule has 0 aliphatic carbocycles. The Morgan fingerprint density at radius 1 is 1.08 bits per heavy atom. The minimum Gasteiger partial charge on any atom is -0.392 e. The molecule has 1 aliphatic heterocycles. The van der Waals surface area contributed by atoms with Crippen LogP contribution in [-0.2, 0) is 6.61 Å². The van der Waals surface area contributed by atoms with Gasteiger partial charge in [0.15, 0.2) is 0 Å². The predicted octanol–water partition coefficient (Wildman–Crippen LogP) is 1.97. The first-order valence-corrected chi connectivity index (χ1v) is 10.0. The average molecular weight is 389 g/mol. The van der Waals surface area contributed by atoms with Crippen LogP contribution in [0.1, 0.15) is 11.1 Å². The fraction of sp³-hybridized carbons (Fsp3) is 0.316. The monoisotopic (exact) mass is 389 g/mol. The minimum absolute atomic E-state index is 0.275. The fourth-order valence-electron chi connectivity index (χ4n) is 2.92. The van der Waals surface area contributed by atoms with Gasteiger partial charge < -0.3 is 20.4 Å². The number of aliphatic hydroxyl groups is 4. The maximum atomic E-state index is 10.3. The molecule has 2 aromatic rings. The lowest BCUT2D eigenvalue weighted by Gasteiger charge is -2.34. The average Bonchev–Trinajstić information content (AvgIpc) is 2.68. The molecule has 1 aliphatic rings. The second-order valence-corrected chi connectivity index (χ2v) is 8.63. The standard InChI is InChI=1S/C19H19NO4S2/c20-8-12-6-7-15(26-19-18(24)17(23)14(22)10-25-19)16(13(12)9-21)11-4-2-1-3-5-11/h1-7,14,17-19,21-24H,9-10H2/t14-,17+,18-,19+/m1/s1. The third-order valence-corrected chi connectivity index (χ3v) is 7.26. The molecular weight excluding hydrogens is 370 g/mol. The van der Waals surface area contributed by atoms with Crippen molar-refractivity contribution >= 4 is 23.5 Å². The van der Waals surface area contributed by atoms with Gasteiger partial charge in [0.2, 0.25) is 0 Å². The molecule has 4 N–H and O–H groups in total. The summed E-state index contributed by atoms with van der Waals surface area (Å²) in [5.74, 6) is 0.333. The number of aliphatic hydroxyl groups excluding tert-OH is 4. The van der Waals surface area contributed by atoms with Crippen LogP contribution in [0.3, 0.4) is 0 Å². The van der Waals surface area contributed by atoms with E-state index in [0.29, 0.717) is 16.9 Å². The first-order chi connectivity index (χ1) is 12.6. The molecule has 4 atom stereocenters. The van der Waals surface area contributed by atoms with E-state index in [0.717, 1.165) is 16.0 Å². The van der Waals surface area contributed by atoms with Crippen molar-refractivity contribution in [2.45, 2.75) is 34.4 Å². The SMILES string of the molecule is N#Cc1ccc(S[C@@H]2SC[C@@H](O)[C@H](O)[C@H]2O)c(-c2ccccc2)c1CO. The van der Waals surface area contributed by atoms with Gasteiger partial charge in [0, 0.05) is 21.8 Å². The summed E-state index contributed by atoms with van der Waals surface area (Å²) in [4.78, 5) is 0.805. The van der Waals surface area contributed by atoms with E-state index < -0.39 is 18.3 Å². The van der Waals surface area contributed by atoms with E-state index in [9.17, 15) is 25.7 Å². The molecule has 0 unspecified atom stereocenters. The van der Waals surface area contributed by atoms with Crippen LogP contribution >= 0.6 is 23.5 Å². The largest absolute Gasteiger partial charge is 0.392 e. The molecule has 0 bridgehead atoms. The van der Waals surface area contributed by atoms with Crippen molar-refractivity contribution in [1.29, 1.82) is 5.26 Å². The first kappa shape index (κ1) is 19.2. The third kappa shape index (κ3) is 3.76. The van der Waals surface area contributed by atoms with Crippen molar-refractivity contribution in [2.75, 3.05) is 5.75 Å². The highest BCUT2D eigenvalue weighted by Crippen LogP contribution is 2.43. The fourth-order valence-corrected chi connectivity index (χ4v) is 5.74. The van der Waals surface area contributed by atoms with Crippen molar-refractivity contribution in [2.24, 2.45) is 0 Å². The van der Waals surface area contributed by atoms with Gasteiger partial charge in [0.25, 0.3) is 0 Å². The van der Waals surface area contributed by atoms with E-state index in [1.54, 1.807) is 12.1 Å². The molecule has 3 rings (SSSR count). The molecule has 1 heterocycles. The molecule has 0 aromatic heterocycles. The van der Waals surface area contributed by atoms with Gasteiger partial charge in [0.1, 0.15) is 12.2 Å². The summed E-state index contributed by atoms with van der Waals surface area (Å²) in [6.45, 7) is -0.275. The number of hydrogen-bond donors (Lipinski definition) is 4. The lowest BCUT2D eigenvalue weighted by molar-refractivity contribution is -0.0474. The maximum absolute atomic E-state index is 10.3. The first-order valence-electron chi connectivity index (χ1n) is 8.11. The van der Waals surface area contributed by atoms with Crippen LogP contribution in [0.15, 0.2) is 47.4 Å². The molecule has 7 heteroatoms. The predicted molar refractivity (Wildman–Crippen MR) is 103 cm³/mol. The van der Waals surface area contributed by atoms with Crippen molar-refractivity contribution in [3.63, 3.8) is 0 Å². The number of rotatable bonds is 4. The van der Waals surface area contributed by atoms with Crippen molar-refractivity contribution < 1.29 is 20.4 Å². The Hall–Kier alpha value is -1.53. The van der Waals surface area contributed by atoms with Gasteiger partial charge in [-0.05, 0) is 17.7 Å². The Morgan fingerprint density at radius 3 is 2.46 bits per heavy atom. The third-order valence-electron chi connectivity index (χ3n) is 4.31. The lowest BCUT2D eigenvalue weighted by Crippen LogP contribution is -2.47. The Kier molecular flexibility index (Phi) is 6.24. The molecule has 0 spiro atoms. The highest BCUT2D eigenvalue weighted by Gasteiger charge is 2.38. The van der Waals surface area contributed by atoms with Gasteiger partial charge in [-0.2, -0.15) is 5.26 Å². The van der Waals surface area contributed by atoms with Crippen LogP contribution in [0.25, 0.3) is 11.1 Å². The van der Waals surface area contributed by atoms with E-state index in [1.165, 1.54) is 23.5 Å². The normalized spacial score (nSPS) is 25.7. The summed E-state index contributed by atoms with van der Waals surface area (Å²) in [7, 11) is 0. The van der Waals surface area contributed by atoms with Gasteiger partial charge in [0.05, 0.1) is 28.9 Å². The molecule has 136 valence electrons. The number of thioether (sulfide) groups is 2. The Labute approximate surface area is 160 Å². The van der Waals surface area contributed by atoms with Gasteiger partial charge in [-0.15, -0.1) is 23.5 Å². The van der Waals surface area contributed by atoms with Gasteiger partial charge in [-0.25, -0.2) is 0 Å². The molecule has 1 fully saturated rings. The summed E-state index contributed by atoms with van der Waals surface area (Å²) in [6.07, 6.45) is -3.22. The molecule has 0 radical (unpaired) electrons. The number of benzene rings is 2. The second kappa shape index (κ2) is 8.44. The Bertz CT molecular complexity index is 809. The van der Waals surface area contributed by atoms with Crippen LogP contribution in [-0.4, -0.2) is 49.1 Å². The van der Waals surface area contributed by atoms with Gasteiger partial charge >= 0.3 is 0 Å². The van der Waals surface area contributed by atoms with Gasteiger partial charge in [-0.3, -0.25) is 0 Å². The van der Waals surface area contributed by atoms with E-state index in [2.05, 4.69) is 6.07 Å². The van der Waals surface area contributed by atoms with Crippen molar-refractivity contribution in [1.82, 2.24) is 0 Å². The van der Waals surface area contributed by atoms with Crippen molar-refractivity contribution in [3.8, 4) is 17.2 Å². The summed E-state index contributed by atoms with van der Waals surface area (Å²) < 4.78 is -0.365. The molecule has 1 saturated heterocycles. The van der Waals surface area contributed by atoms with Crippen LogP contribution in [0.5, 0.6) is 0 Å². The van der Waals surface area contributed by atoms with Crippen LogP contribution in [0.2, 0.25) is 0 Å². The van der Waals surface area contributed by atoms with Crippen LogP contribution < -0.4 is 0 Å². The summed E-state index contributed by atoms with van der Waals surface area (Å²) in [6, 6.07) is 15.0. The van der Waals surface area contributed by atoms with E-state index in [-0.39, 0.29) is 11.2 Å². The number of nitrogens with zero attached hydrogens (tertiary/aromatic N) is 1. The zero-order chi connectivity index (χ0) is 18.7. The zero-order valence-corrected chi connectivity index (χ0v) is 15.5. The Morgan fingerprint density at radius 2 is 1.81 bits per heavy atom. The smallest absolute Gasteiger partial charge is 0.108 e. The zero-order valence-electron chi connectivity index (χ0n) is 13.8. The summed E-state index contributed by atoms with van der Waals surface area (Å²) in [5, 5.41) is 49.2. The van der Waals surface area contributed by atoms with E-state index in [4.69, 9.17) is 0 Å². The Balaban J connectivity index is 2.03. The van der Waals surface area contributed by atoms with Gasteiger partial charge in [-0.1, -0.05) is 30.3 Å². The van der Waals surface area contributed by atoms with Crippen LogP contribution in [0, 0.1) is 11.3 Å². The minimum atomic E-state index is -1.19. The van der Waals surface area contributed by atoms with E-state index >= 15 is 0 Å². The molecule has 0 saturated carbocycles. The molecule has 26 heavy (non-hydrogen) atoms. The van der Waals surface area contributed by atoms with Crippen LogP contribution in [0.4, 0.5) is 0 Å². The summed E-state index contributed by atoms with van der Waals surface area (Å²) in [5.41, 5.74) is 2.57. The second-order valence-electron chi connectivity index (χ2n) is 5.97. The lowest BCUT2D eigenvalue weighted by atomic mass is 9.96. The number of hydrogen-bond acceptors (Lipinski definition) is 7. The topological polar surface area (TPSA) is 105 Å². The molecule has 5 nitrogen and oxygen atoms in total. The molecule has 0 amide bonds. The number of nitriles is 1. The van der Waals surface area contributed by atoms with E-state index in [1.807, 2.05) is 30.3 Å². The highest BCUT2D eigenvalue weighted by atomic mass is 32.2. The van der Waals surface area contributed by atoms with Crippen molar-refractivity contribution in [3.05, 3.63) is 53.6 Å².